The molecule has 1 saturated heterocycles. The third-order valence-corrected chi connectivity index (χ3v) is 13.8. The van der Waals surface area contributed by atoms with Gasteiger partial charge in [0.05, 0.1) is 0 Å². The molecule has 0 N–H and O–H groups in total. The third kappa shape index (κ3) is 8.39. The number of amides is 1. The summed E-state index contributed by atoms with van der Waals surface area (Å²) in [4.78, 5) is 38.2. The Labute approximate surface area is 208 Å². The van der Waals surface area contributed by atoms with Crippen molar-refractivity contribution in [1.29, 1.82) is 0 Å². The fourth-order valence-corrected chi connectivity index (χ4v) is 12.8. The quantitative estimate of drug-likeness (QED) is 0.142. The van der Waals surface area contributed by atoms with Gasteiger partial charge in [-0.05, 0) is 0 Å². The zero-order valence-electron chi connectivity index (χ0n) is 20.3. The molecule has 1 saturated carbocycles. The SMILES string of the molecule is C=CCN(CC=C)C(=O)/C=C\C(=O)[O][Sn]1([CH2]CCC)[O]C2CCC(COC(=O)C(=C)C)CC2[O]1. The van der Waals surface area contributed by atoms with Gasteiger partial charge in [0.1, 0.15) is 0 Å². The molecule has 8 nitrogen and oxygen atoms in total. The van der Waals surface area contributed by atoms with E-state index in [1.807, 2.05) is 0 Å². The van der Waals surface area contributed by atoms with Crippen LogP contribution in [0.1, 0.15) is 46.0 Å². The number of rotatable bonds is 13. The molecule has 1 aliphatic heterocycles. The molecule has 0 aromatic carbocycles. The van der Waals surface area contributed by atoms with E-state index in [0.717, 1.165) is 31.8 Å². The molecule has 34 heavy (non-hydrogen) atoms. The summed E-state index contributed by atoms with van der Waals surface area (Å²) < 4.78 is 24.5. The average molecular weight is 582 g/mol. The second-order valence-electron chi connectivity index (χ2n) is 8.73. The second-order valence-corrected chi connectivity index (χ2v) is 16.0. The Bertz CT molecular complexity index is 801. The van der Waals surface area contributed by atoms with Crippen LogP contribution in [0.15, 0.2) is 49.6 Å². The van der Waals surface area contributed by atoms with Crippen LogP contribution in [0.3, 0.4) is 0 Å². The van der Waals surface area contributed by atoms with Crippen LogP contribution in [-0.2, 0) is 28.3 Å². The number of nitrogens with zero attached hydrogens (tertiary/aromatic N) is 1. The van der Waals surface area contributed by atoms with Gasteiger partial charge in [-0.15, -0.1) is 0 Å². The molecule has 1 amide bonds. The number of hydrogen-bond acceptors (Lipinski definition) is 7. The standard InChI is InChI=1S/C11H16O4.C10H13NO3.C4H9.Sn/c1-7(2)11(14)15-6-8-3-4-9(12)10(13)5-8;1-3-7-11(8-4-2)9(12)5-6-10(13)14;1-3-4-2;/h8-10H,1,3-6H2,2H3;3-6H,1-2,7-8H2,(H,13,14);1,3-4H2,2H3;/q-2;;;+3/p-1/b;6-5-;;. The summed E-state index contributed by atoms with van der Waals surface area (Å²) in [5.41, 5.74) is 0.375. The van der Waals surface area contributed by atoms with Gasteiger partial charge in [0.15, 0.2) is 0 Å². The molecule has 0 aromatic heterocycles. The molecule has 0 bridgehead atoms. The Morgan fingerprint density at radius 3 is 2.38 bits per heavy atom. The van der Waals surface area contributed by atoms with Crippen LogP contribution in [0.2, 0.25) is 4.44 Å². The van der Waals surface area contributed by atoms with E-state index in [0.29, 0.717) is 36.1 Å². The van der Waals surface area contributed by atoms with Crippen LogP contribution < -0.4 is 0 Å². The van der Waals surface area contributed by atoms with E-state index in [2.05, 4.69) is 26.7 Å². The average Bonchev–Trinajstić information content (AvgIpc) is 3.16. The number of carbonyl (C=O) groups is 3. The van der Waals surface area contributed by atoms with Crippen molar-refractivity contribution in [2.75, 3.05) is 19.7 Å². The van der Waals surface area contributed by atoms with Crippen molar-refractivity contribution in [1.82, 2.24) is 4.90 Å². The summed E-state index contributed by atoms with van der Waals surface area (Å²) in [6, 6.07) is 0. The van der Waals surface area contributed by atoms with E-state index in [-0.39, 0.29) is 24.0 Å². The van der Waals surface area contributed by atoms with Gasteiger partial charge in [-0.1, -0.05) is 0 Å². The molecule has 4 atom stereocenters. The second kappa shape index (κ2) is 13.8. The third-order valence-electron chi connectivity index (χ3n) is 5.77. The normalized spacial score (nSPS) is 25.9. The Kier molecular flexibility index (Phi) is 11.5. The molecule has 188 valence electrons. The van der Waals surface area contributed by atoms with Crippen LogP contribution in [0, 0.1) is 5.92 Å². The van der Waals surface area contributed by atoms with Crippen molar-refractivity contribution in [3.63, 3.8) is 0 Å². The Morgan fingerprint density at radius 2 is 1.76 bits per heavy atom. The monoisotopic (exact) mass is 583 g/mol. The van der Waals surface area contributed by atoms with Crippen molar-refractivity contribution in [3.8, 4) is 0 Å². The van der Waals surface area contributed by atoms with Crippen LogP contribution in [0.4, 0.5) is 0 Å². The molecular formula is C25H37NO7Sn. The van der Waals surface area contributed by atoms with E-state index in [1.165, 1.54) is 11.0 Å². The number of unbranched alkanes of at least 4 members (excludes halogenated alkanes) is 1. The summed E-state index contributed by atoms with van der Waals surface area (Å²) in [5.74, 6) is -1.18. The molecule has 0 radical (unpaired) electrons. The predicted octanol–water partition coefficient (Wildman–Crippen LogP) is 3.73. The summed E-state index contributed by atoms with van der Waals surface area (Å²) in [6.07, 6.45) is 9.30. The summed E-state index contributed by atoms with van der Waals surface area (Å²) in [5, 5.41) is 0. The molecule has 9 heteroatoms. The zero-order chi connectivity index (χ0) is 25.1. The van der Waals surface area contributed by atoms with Crippen molar-refractivity contribution >= 4 is 37.5 Å². The molecule has 1 aliphatic carbocycles. The van der Waals surface area contributed by atoms with E-state index in [9.17, 15) is 14.4 Å². The molecule has 1 heterocycles. The minimum absolute atomic E-state index is 0.116. The first-order valence-corrected chi connectivity index (χ1v) is 17.3. The summed E-state index contributed by atoms with van der Waals surface area (Å²) >= 11 is -4.15. The first kappa shape index (κ1) is 28.3. The van der Waals surface area contributed by atoms with E-state index >= 15 is 0 Å². The molecular weight excluding hydrogens is 545 g/mol. The first-order valence-electron chi connectivity index (χ1n) is 11.8. The molecule has 2 aliphatic rings. The zero-order valence-corrected chi connectivity index (χ0v) is 23.2. The molecule has 0 aromatic rings. The van der Waals surface area contributed by atoms with Crippen molar-refractivity contribution < 1.29 is 28.3 Å². The van der Waals surface area contributed by atoms with Gasteiger partial charge < -0.3 is 0 Å². The molecule has 4 unspecified atom stereocenters. The van der Waals surface area contributed by atoms with E-state index < -0.39 is 31.6 Å². The fraction of sp³-hybridized carbons (Fsp3) is 0.560. The van der Waals surface area contributed by atoms with E-state index in [4.69, 9.17) is 14.0 Å². The maximum atomic E-state index is 12.6. The number of ether oxygens (including phenoxy) is 1. The van der Waals surface area contributed by atoms with Gasteiger partial charge in [-0.3, -0.25) is 0 Å². The number of carbonyl (C=O) groups excluding carboxylic acids is 3. The summed E-state index contributed by atoms with van der Waals surface area (Å²) in [7, 11) is 0. The Balaban J connectivity index is 2.00. The van der Waals surface area contributed by atoms with Gasteiger partial charge in [0.2, 0.25) is 0 Å². The molecule has 0 spiro atoms. The number of fused-ring (bicyclic) bond motifs is 1. The van der Waals surface area contributed by atoms with E-state index in [1.54, 1.807) is 19.1 Å². The minimum atomic E-state index is -4.15. The van der Waals surface area contributed by atoms with Gasteiger partial charge in [-0.2, -0.15) is 0 Å². The fourth-order valence-electron chi connectivity index (χ4n) is 4.01. The first-order chi connectivity index (χ1) is 16.2. The van der Waals surface area contributed by atoms with Crippen molar-refractivity contribution in [2.45, 2.75) is 62.6 Å². The Morgan fingerprint density at radius 1 is 1.09 bits per heavy atom. The van der Waals surface area contributed by atoms with Gasteiger partial charge in [0, 0.05) is 0 Å². The molecule has 2 fully saturated rings. The van der Waals surface area contributed by atoms with Gasteiger partial charge in [-0.25, -0.2) is 0 Å². The maximum absolute atomic E-state index is 12.6. The van der Waals surface area contributed by atoms with Crippen LogP contribution >= 0.6 is 0 Å². The van der Waals surface area contributed by atoms with Crippen LogP contribution in [0.5, 0.6) is 0 Å². The Hall–Kier alpha value is -1.91. The number of esters is 1. The topological polar surface area (TPSA) is 91.4 Å². The van der Waals surface area contributed by atoms with Crippen LogP contribution in [0.25, 0.3) is 0 Å². The summed E-state index contributed by atoms with van der Waals surface area (Å²) in [6.45, 7) is 15.6. The van der Waals surface area contributed by atoms with Gasteiger partial charge >= 0.3 is 209 Å². The van der Waals surface area contributed by atoms with Crippen LogP contribution in [-0.4, -0.2) is 74.3 Å². The van der Waals surface area contributed by atoms with Gasteiger partial charge in [0.25, 0.3) is 0 Å². The van der Waals surface area contributed by atoms with Crippen molar-refractivity contribution in [2.24, 2.45) is 5.92 Å². The number of hydrogen-bond donors (Lipinski definition) is 0. The molecule has 2 rings (SSSR count). The van der Waals surface area contributed by atoms with Crippen molar-refractivity contribution in [3.05, 3.63) is 49.6 Å². The predicted molar refractivity (Wildman–Crippen MR) is 131 cm³/mol.